The Labute approximate surface area is 102 Å². The summed E-state index contributed by atoms with van der Waals surface area (Å²) in [7, 11) is 0. The maximum Gasteiger partial charge on any atom is 0.226 e. The lowest BCUT2D eigenvalue weighted by Gasteiger charge is -2.38. The van der Waals surface area contributed by atoms with Gasteiger partial charge in [-0.1, -0.05) is 6.42 Å². The molecule has 0 spiro atoms. The maximum absolute atomic E-state index is 12.4. The monoisotopic (exact) mass is 242 g/mol. The van der Waals surface area contributed by atoms with E-state index in [1.54, 1.807) is 4.90 Å². The number of ether oxygens (including phenoxy) is 1. The van der Waals surface area contributed by atoms with Gasteiger partial charge in [0, 0.05) is 18.5 Å². The minimum atomic E-state index is -0.172. The van der Waals surface area contributed by atoms with Crippen molar-refractivity contribution in [3.05, 3.63) is 0 Å². The number of rotatable bonds is 2. The van der Waals surface area contributed by atoms with Crippen LogP contribution in [-0.4, -0.2) is 54.4 Å². The van der Waals surface area contributed by atoms with Crippen LogP contribution in [0.25, 0.3) is 0 Å². The average molecular weight is 242 g/mol. The summed E-state index contributed by atoms with van der Waals surface area (Å²) in [6.07, 6.45) is 3.78. The van der Waals surface area contributed by atoms with E-state index in [-0.39, 0.29) is 30.5 Å². The van der Waals surface area contributed by atoms with Crippen LogP contribution in [0.2, 0.25) is 0 Å². The van der Waals surface area contributed by atoms with E-state index >= 15 is 0 Å². The highest BCUT2D eigenvalue weighted by Crippen LogP contribution is 2.26. The summed E-state index contributed by atoms with van der Waals surface area (Å²) in [4.78, 5) is 14.2. The van der Waals surface area contributed by atoms with Gasteiger partial charge in [0.1, 0.15) is 0 Å². The average Bonchev–Trinajstić information content (AvgIpc) is 2.38. The number of nitrogens with two attached hydrogens (primary N) is 1. The highest BCUT2D eigenvalue weighted by molar-refractivity contribution is 5.79. The van der Waals surface area contributed by atoms with E-state index in [0.717, 1.165) is 25.7 Å². The lowest BCUT2D eigenvalue weighted by Crippen LogP contribution is -2.53. The fourth-order valence-corrected chi connectivity index (χ4v) is 2.78. The molecule has 1 aliphatic heterocycles. The van der Waals surface area contributed by atoms with Crippen LogP contribution < -0.4 is 5.73 Å². The Morgan fingerprint density at radius 3 is 3.00 bits per heavy atom. The van der Waals surface area contributed by atoms with Gasteiger partial charge < -0.3 is 20.5 Å². The topological polar surface area (TPSA) is 75.8 Å². The predicted octanol–water partition coefficient (Wildman–Crippen LogP) is -0.276. The molecule has 2 fully saturated rings. The first-order chi connectivity index (χ1) is 8.22. The highest BCUT2D eigenvalue weighted by atomic mass is 16.5. The molecular weight excluding hydrogens is 220 g/mol. The quantitative estimate of drug-likeness (QED) is 0.698. The van der Waals surface area contributed by atoms with Crippen LogP contribution >= 0.6 is 0 Å². The van der Waals surface area contributed by atoms with Crippen molar-refractivity contribution in [1.29, 1.82) is 0 Å². The van der Waals surface area contributed by atoms with Gasteiger partial charge in [0.25, 0.3) is 0 Å². The van der Waals surface area contributed by atoms with Crippen LogP contribution in [0.4, 0.5) is 0 Å². The Bertz CT molecular complexity index is 272. The number of nitrogens with zero attached hydrogens (tertiary/aromatic N) is 1. The molecule has 5 heteroatoms. The molecule has 2 rings (SSSR count). The molecular formula is C12H22N2O3. The standard InChI is InChI=1S/C12H22N2O3/c13-10-3-1-2-9(6-10)12(16)14-4-5-17-8-11(14)7-15/h9-11,15H,1-8,13H2. The Hall–Kier alpha value is -0.650. The van der Waals surface area contributed by atoms with Crippen LogP contribution in [0.5, 0.6) is 0 Å². The lowest BCUT2D eigenvalue weighted by atomic mass is 9.85. The van der Waals surface area contributed by atoms with Crippen LogP contribution in [0.1, 0.15) is 25.7 Å². The SMILES string of the molecule is NC1CCCC(C(=O)N2CCOCC2CO)C1. The third-order valence-electron chi connectivity index (χ3n) is 3.79. The molecule has 1 aliphatic carbocycles. The number of carbonyl (C=O) groups excluding carboxylic acids is 1. The molecule has 3 unspecified atom stereocenters. The minimum absolute atomic E-state index is 0.0233. The third kappa shape index (κ3) is 2.97. The second-order valence-electron chi connectivity index (χ2n) is 5.07. The van der Waals surface area contributed by atoms with Gasteiger partial charge in [-0.05, 0) is 19.3 Å². The van der Waals surface area contributed by atoms with Crippen molar-refractivity contribution in [3.63, 3.8) is 0 Å². The Morgan fingerprint density at radius 1 is 1.47 bits per heavy atom. The van der Waals surface area contributed by atoms with Crippen molar-refractivity contribution in [2.75, 3.05) is 26.4 Å². The summed E-state index contributed by atoms with van der Waals surface area (Å²) in [5.74, 6) is 0.202. The number of hydrogen-bond acceptors (Lipinski definition) is 4. The van der Waals surface area contributed by atoms with Gasteiger partial charge in [-0.15, -0.1) is 0 Å². The molecule has 0 aromatic heterocycles. The second kappa shape index (κ2) is 5.80. The summed E-state index contributed by atoms with van der Waals surface area (Å²) in [5.41, 5.74) is 5.91. The van der Waals surface area contributed by atoms with Gasteiger partial charge >= 0.3 is 0 Å². The second-order valence-corrected chi connectivity index (χ2v) is 5.07. The fraction of sp³-hybridized carbons (Fsp3) is 0.917. The Balaban J connectivity index is 1.97. The summed E-state index contributed by atoms with van der Waals surface area (Å²) >= 11 is 0. The van der Waals surface area contributed by atoms with Crippen molar-refractivity contribution in [3.8, 4) is 0 Å². The highest BCUT2D eigenvalue weighted by Gasteiger charge is 2.33. The molecule has 0 radical (unpaired) electrons. The molecule has 3 N–H and O–H groups in total. The molecule has 2 aliphatic rings. The molecule has 5 nitrogen and oxygen atoms in total. The van der Waals surface area contributed by atoms with E-state index in [4.69, 9.17) is 10.5 Å². The smallest absolute Gasteiger partial charge is 0.226 e. The van der Waals surface area contributed by atoms with Gasteiger partial charge in [0.2, 0.25) is 5.91 Å². The first-order valence-electron chi connectivity index (χ1n) is 6.47. The Morgan fingerprint density at radius 2 is 2.29 bits per heavy atom. The first kappa shape index (κ1) is 12.8. The summed E-state index contributed by atoms with van der Waals surface area (Å²) in [6.45, 7) is 1.59. The maximum atomic E-state index is 12.4. The largest absolute Gasteiger partial charge is 0.394 e. The third-order valence-corrected chi connectivity index (χ3v) is 3.79. The molecule has 0 aromatic carbocycles. The number of morpholine rings is 1. The van der Waals surface area contributed by atoms with Crippen molar-refractivity contribution < 1.29 is 14.6 Å². The van der Waals surface area contributed by atoms with E-state index in [9.17, 15) is 9.90 Å². The van der Waals surface area contributed by atoms with E-state index in [1.807, 2.05) is 0 Å². The first-order valence-corrected chi connectivity index (χ1v) is 6.47. The summed E-state index contributed by atoms with van der Waals surface area (Å²) < 4.78 is 5.28. The van der Waals surface area contributed by atoms with Gasteiger partial charge in [-0.2, -0.15) is 0 Å². The minimum Gasteiger partial charge on any atom is -0.394 e. The molecule has 1 saturated carbocycles. The van der Waals surface area contributed by atoms with Crippen molar-refractivity contribution in [1.82, 2.24) is 4.90 Å². The van der Waals surface area contributed by atoms with E-state index < -0.39 is 0 Å². The fourth-order valence-electron chi connectivity index (χ4n) is 2.78. The van der Waals surface area contributed by atoms with Crippen molar-refractivity contribution in [2.24, 2.45) is 11.7 Å². The number of carbonyl (C=O) groups is 1. The lowest BCUT2D eigenvalue weighted by molar-refractivity contribution is -0.147. The number of amides is 1. The van der Waals surface area contributed by atoms with Gasteiger partial charge in [0.15, 0.2) is 0 Å². The summed E-state index contributed by atoms with van der Waals surface area (Å²) in [6, 6.07) is -0.0132. The molecule has 0 aromatic rings. The van der Waals surface area contributed by atoms with Gasteiger partial charge in [-0.25, -0.2) is 0 Å². The van der Waals surface area contributed by atoms with E-state index in [2.05, 4.69) is 0 Å². The van der Waals surface area contributed by atoms with Crippen molar-refractivity contribution in [2.45, 2.75) is 37.8 Å². The zero-order valence-electron chi connectivity index (χ0n) is 10.2. The number of hydrogen-bond donors (Lipinski definition) is 2. The predicted molar refractivity (Wildman–Crippen MR) is 63.3 cm³/mol. The molecule has 1 amide bonds. The molecule has 98 valence electrons. The van der Waals surface area contributed by atoms with Crippen molar-refractivity contribution >= 4 is 5.91 Å². The number of aliphatic hydroxyl groups is 1. The molecule has 17 heavy (non-hydrogen) atoms. The molecule has 1 heterocycles. The zero-order valence-corrected chi connectivity index (χ0v) is 10.2. The van der Waals surface area contributed by atoms with Gasteiger partial charge in [0.05, 0.1) is 25.9 Å². The zero-order chi connectivity index (χ0) is 12.3. The van der Waals surface area contributed by atoms with Crippen LogP contribution in [0, 0.1) is 5.92 Å². The normalized spacial score (nSPS) is 34.7. The molecule has 0 bridgehead atoms. The van der Waals surface area contributed by atoms with E-state index in [1.165, 1.54) is 0 Å². The van der Waals surface area contributed by atoms with Gasteiger partial charge in [-0.3, -0.25) is 4.79 Å². The van der Waals surface area contributed by atoms with E-state index in [0.29, 0.717) is 19.8 Å². The summed E-state index contributed by atoms with van der Waals surface area (Å²) in [5, 5.41) is 9.26. The Kier molecular flexibility index (Phi) is 4.36. The van der Waals surface area contributed by atoms with Crippen LogP contribution in [0.3, 0.4) is 0 Å². The molecule has 3 atom stereocenters. The molecule has 1 saturated heterocycles. The van der Waals surface area contributed by atoms with Crippen LogP contribution in [-0.2, 0) is 9.53 Å². The number of aliphatic hydroxyl groups excluding tert-OH is 1. The van der Waals surface area contributed by atoms with Crippen LogP contribution in [0.15, 0.2) is 0 Å².